The predicted molar refractivity (Wildman–Crippen MR) is 51.5 cm³/mol. The lowest BCUT2D eigenvalue weighted by Crippen LogP contribution is -2.07. The molecule has 0 spiro atoms. The monoisotopic (exact) mass is 155 g/mol. The molecule has 0 aliphatic carbocycles. The van der Waals surface area contributed by atoms with E-state index in [1.165, 1.54) is 12.8 Å². The van der Waals surface area contributed by atoms with Crippen molar-refractivity contribution < 1.29 is 0 Å². The van der Waals surface area contributed by atoms with Gasteiger partial charge in [0.25, 0.3) is 0 Å². The summed E-state index contributed by atoms with van der Waals surface area (Å²) in [6.07, 6.45) is 3.62. The van der Waals surface area contributed by atoms with Crippen LogP contribution in [0.25, 0.3) is 0 Å². The fourth-order valence-corrected chi connectivity index (χ4v) is 0.957. The summed E-state index contributed by atoms with van der Waals surface area (Å²) in [6.45, 7) is 10.7. The highest BCUT2D eigenvalue weighted by Crippen LogP contribution is 2.22. The Morgan fingerprint density at radius 3 is 2.27 bits per heavy atom. The van der Waals surface area contributed by atoms with Crippen LogP contribution < -0.4 is 5.32 Å². The summed E-state index contributed by atoms with van der Waals surface area (Å²) in [7, 11) is 1.93. The molecule has 0 radical (unpaired) electrons. The Labute approximate surface area is 70.9 Å². The zero-order chi connectivity index (χ0) is 8.91. The molecule has 0 aromatic rings. The van der Waals surface area contributed by atoms with Crippen LogP contribution >= 0.6 is 0 Å². The average Bonchev–Trinajstić information content (AvgIpc) is 1.85. The van der Waals surface area contributed by atoms with Crippen LogP contribution in [0.5, 0.6) is 0 Å². The molecule has 0 aromatic heterocycles. The molecule has 0 aliphatic rings. The molecule has 0 amide bonds. The first kappa shape index (κ1) is 10.5. The predicted octanol–water partition coefficient (Wildman–Crippen LogP) is 2.94. The molecule has 0 heterocycles. The van der Waals surface area contributed by atoms with Gasteiger partial charge in [-0.2, -0.15) is 0 Å². The van der Waals surface area contributed by atoms with Gasteiger partial charge in [-0.05, 0) is 24.7 Å². The lowest BCUT2D eigenvalue weighted by molar-refractivity contribution is 0.364. The van der Waals surface area contributed by atoms with Crippen LogP contribution in [-0.4, -0.2) is 7.05 Å². The third kappa shape index (κ3) is 7.44. The number of hydrogen-bond acceptors (Lipinski definition) is 1. The maximum Gasteiger partial charge on any atom is 0.00310 e. The molecule has 0 unspecified atom stereocenters. The minimum atomic E-state index is 0.466. The van der Waals surface area contributed by atoms with Gasteiger partial charge in [-0.1, -0.05) is 27.4 Å². The van der Waals surface area contributed by atoms with E-state index < -0.39 is 0 Å². The molecule has 0 bridgehead atoms. The second-order valence-corrected chi connectivity index (χ2v) is 4.27. The summed E-state index contributed by atoms with van der Waals surface area (Å²) in [6, 6.07) is 0. The van der Waals surface area contributed by atoms with Gasteiger partial charge < -0.3 is 5.32 Å². The highest BCUT2D eigenvalue weighted by atomic mass is 14.8. The Balaban J connectivity index is 3.35. The molecule has 0 atom stereocenters. The normalized spacial score (nSPS) is 11.3. The molecule has 66 valence electrons. The summed E-state index contributed by atoms with van der Waals surface area (Å²) >= 11 is 0. The van der Waals surface area contributed by atoms with Gasteiger partial charge in [0.2, 0.25) is 0 Å². The van der Waals surface area contributed by atoms with Crippen molar-refractivity contribution in [3.8, 4) is 0 Å². The van der Waals surface area contributed by atoms with E-state index in [0.29, 0.717) is 5.41 Å². The molecule has 0 fully saturated rings. The van der Waals surface area contributed by atoms with Crippen LogP contribution in [0.2, 0.25) is 0 Å². The van der Waals surface area contributed by atoms with Gasteiger partial charge in [0.1, 0.15) is 0 Å². The lowest BCUT2D eigenvalue weighted by atomic mass is 9.89. The molecule has 0 saturated carbocycles. The Morgan fingerprint density at radius 2 is 1.91 bits per heavy atom. The SMILES string of the molecule is C=C(CCCC(C)(C)C)NC. The Kier molecular flexibility index (Phi) is 4.24. The van der Waals surface area contributed by atoms with Crippen molar-refractivity contribution in [2.24, 2.45) is 5.41 Å². The third-order valence-electron chi connectivity index (χ3n) is 1.76. The standard InChI is InChI=1S/C10H21N/c1-9(11-5)7-6-8-10(2,3)4/h11H,1,6-8H2,2-5H3. The van der Waals surface area contributed by atoms with E-state index in [9.17, 15) is 0 Å². The third-order valence-corrected chi connectivity index (χ3v) is 1.76. The van der Waals surface area contributed by atoms with Crippen LogP contribution in [0.4, 0.5) is 0 Å². The summed E-state index contributed by atoms with van der Waals surface area (Å²) in [5.41, 5.74) is 1.61. The molecule has 1 heteroatoms. The smallest absolute Gasteiger partial charge is 0.00310 e. The summed E-state index contributed by atoms with van der Waals surface area (Å²) in [5, 5.41) is 3.06. The summed E-state index contributed by atoms with van der Waals surface area (Å²) in [4.78, 5) is 0. The molecule has 1 N–H and O–H groups in total. The highest BCUT2D eigenvalue weighted by molar-refractivity contribution is 4.88. The maximum absolute atomic E-state index is 3.88. The Morgan fingerprint density at radius 1 is 1.36 bits per heavy atom. The van der Waals surface area contributed by atoms with Crippen molar-refractivity contribution in [1.29, 1.82) is 0 Å². The van der Waals surface area contributed by atoms with Gasteiger partial charge in [-0.15, -0.1) is 0 Å². The minimum Gasteiger partial charge on any atom is -0.392 e. The number of allylic oxidation sites excluding steroid dienone is 1. The minimum absolute atomic E-state index is 0.466. The van der Waals surface area contributed by atoms with Crippen LogP contribution in [0, 0.1) is 5.41 Å². The number of rotatable bonds is 4. The van der Waals surface area contributed by atoms with Gasteiger partial charge in [0.05, 0.1) is 0 Å². The van der Waals surface area contributed by atoms with Gasteiger partial charge >= 0.3 is 0 Å². The molecule has 0 aromatic carbocycles. The van der Waals surface area contributed by atoms with E-state index in [-0.39, 0.29) is 0 Å². The molecule has 11 heavy (non-hydrogen) atoms. The molecule has 0 saturated heterocycles. The first-order valence-corrected chi connectivity index (χ1v) is 4.31. The van der Waals surface area contributed by atoms with Crippen LogP contribution in [0.1, 0.15) is 40.0 Å². The van der Waals surface area contributed by atoms with Crippen molar-refractivity contribution in [2.45, 2.75) is 40.0 Å². The molecule has 0 rings (SSSR count). The largest absolute Gasteiger partial charge is 0.392 e. The van der Waals surface area contributed by atoms with Gasteiger partial charge in [0, 0.05) is 12.7 Å². The van der Waals surface area contributed by atoms with Crippen LogP contribution in [0.3, 0.4) is 0 Å². The number of hydrogen-bond donors (Lipinski definition) is 1. The Bertz CT molecular complexity index is 119. The van der Waals surface area contributed by atoms with E-state index >= 15 is 0 Å². The summed E-state index contributed by atoms with van der Waals surface area (Å²) < 4.78 is 0. The topological polar surface area (TPSA) is 12.0 Å². The van der Waals surface area contributed by atoms with Crippen molar-refractivity contribution in [3.63, 3.8) is 0 Å². The van der Waals surface area contributed by atoms with E-state index in [4.69, 9.17) is 0 Å². The molecular formula is C10H21N. The summed E-state index contributed by atoms with van der Waals surface area (Å²) in [5.74, 6) is 0. The fraction of sp³-hybridized carbons (Fsp3) is 0.800. The lowest BCUT2D eigenvalue weighted by Gasteiger charge is -2.17. The maximum atomic E-state index is 3.88. The van der Waals surface area contributed by atoms with Gasteiger partial charge in [-0.25, -0.2) is 0 Å². The fourth-order valence-electron chi connectivity index (χ4n) is 0.957. The van der Waals surface area contributed by atoms with E-state index in [0.717, 1.165) is 12.1 Å². The first-order chi connectivity index (χ1) is 4.95. The Hall–Kier alpha value is -0.460. The van der Waals surface area contributed by atoms with Crippen LogP contribution in [-0.2, 0) is 0 Å². The van der Waals surface area contributed by atoms with E-state index in [1.807, 2.05) is 7.05 Å². The van der Waals surface area contributed by atoms with Crippen molar-refractivity contribution in [1.82, 2.24) is 5.32 Å². The number of nitrogens with one attached hydrogen (secondary N) is 1. The average molecular weight is 155 g/mol. The van der Waals surface area contributed by atoms with Crippen molar-refractivity contribution in [3.05, 3.63) is 12.3 Å². The van der Waals surface area contributed by atoms with Crippen molar-refractivity contribution >= 4 is 0 Å². The highest BCUT2D eigenvalue weighted by Gasteiger charge is 2.08. The molecule has 0 aliphatic heterocycles. The van der Waals surface area contributed by atoms with Crippen molar-refractivity contribution in [2.75, 3.05) is 7.05 Å². The zero-order valence-electron chi connectivity index (χ0n) is 8.33. The molecule has 1 nitrogen and oxygen atoms in total. The van der Waals surface area contributed by atoms with Crippen LogP contribution in [0.15, 0.2) is 12.3 Å². The molecular weight excluding hydrogens is 134 g/mol. The van der Waals surface area contributed by atoms with Gasteiger partial charge in [-0.3, -0.25) is 0 Å². The van der Waals surface area contributed by atoms with E-state index in [1.54, 1.807) is 0 Å². The van der Waals surface area contributed by atoms with E-state index in [2.05, 4.69) is 32.7 Å². The van der Waals surface area contributed by atoms with Gasteiger partial charge in [0.15, 0.2) is 0 Å². The zero-order valence-corrected chi connectivity index (χ0v) is 8.33. The second-order valence-electron chi connectivity index (χ2n) is 4.27. The first-order valence-electron chi connectivity index (χ1n) is 4.31. The quantitative estimate of drug-likeness (QED) is 0.658. The second kappa shape index (κ2) is 4.42.